The summed E-state index contributed by atoms with van der Waals surface area (Å²) in [6.07, 6.45) is 2.09. The normalized spacial score (nSPS) is 11.9. The number of hydrogen-bond donors (Lipinski definition) is 0. The summed E-state index contributed by atoms with van der Waals surface area (Å²) in [6, 6.07) is 29.8. The fraction of sp³-hybridized carbons (Fsp3) is 0.185. The monoisotopic (exact) mass is 413 g/mol. The second kappa shape index (κ2) is 10.4. The van der Waals surface area contributed by atoms with Gasteiger partial charge >= 0.3 is 5.97 Å². The van der Waals surface area contributed by atoms with Gasteiger partial charge in [-0.1, -0.05) is 104 Å². The molecule has 0 saturated heterocycles. The fourth-order valence-electron chi connectivity index (χ4n) is 3.98. The van der Waals surface area contributed by atoms with Gasteiger partial charge in [0.1, 0.15) is 11.6 Å². The van der Waals surface area contributed by atoms with Crippen molar-refractivity contribution in [2.45, 2.75) is 25.0 Å². The summed E-state index contributed by atoms with van der Waals surface area (Å²) >= 11 is 0. The Labute approximate surface area is 183 Å². The molecule has 0 radical (unpaired) electrons. The van der Waals surface area contributed by atoms with E-state index in [1.807, 2.05) is 97.9 Å². The van der Waals surface area contributed by atoms with Crippen LogP contribution in [0.2, 0.25) is 0 Å². The number of rotatable bonds is 10. The number of carbonyl (C=O) groups excluding carboxylic acids is 2. The van der Waals surface area contributed by atoms with Crippen molar-refractivity contribution < 1.29 is 14.3 Å². The maximum atomic E-state index is 12.6. The van der Waals surface area contributed by atoms with Crippen LogP contribution in [0.1, 0.15) is 30.0 Å². The van der Waals surface area contributed by atoms with E-state index in [0.29, 0.717) is 6.42 Å². The molecule has 4 nitrogen and oxygen atoms in total. The third kappa shape index (κ3) is 4.58. The highest BCUT2D eigenvalue weighted by atomic mass is 16.5. The van der Waals surface area contributed by atoms with Crippen LogP contribution in [0.3, 0.4) is 0 Å². The Morgan fingerprint density at radius 1 is 0.903 bits per heavy atom. The lowest BCUT2D eigenvalue weighted by Crippen LogP contribution is -2.50. The molecule has 0 aromatic heterocycles. The van der Waals surface area contributed by atoms with Crippen LogP contribution >= 0.6 is 0 Å². The van der Waals surface area contributed by atoms with Crippen molar-refractivity contribution in [3.63, 3.8) is 0 Å². The van der Waals surface area contributed by atoms with Crippen molar-refractivity contribution in [3.8, 4) is 0 Å². The van der Waals surface area contributed by atoms with Crippen molar-refractivity contribution in [2.24, 2.45) is 0 Å². The lowest BCUT2D eigenvalue weighted by atomic mass is 9.75. The second-order valence-corrected chi connectivity index (χ2v) is 7.24. The van der Waals surface area contributed by atoms with Gasteiger partial charge in [-0.25, -0.2) is 4.79 Å². The first-order valence-corrected chi connectivity index (χ1v) is 10.4. The Morgan fingerprint density at radius 3 is 1.65 bits per heavy atom. The smallest absolute Gasteiger partial charge is 0.330 e. The van der Waals surface area contributed by atoms with Crippen molar-refractivity contribution in [1.29, 1.82) is 0 Å². The van der Waals surface area contributed by atoms with E-state index in [4.69, 9.17) is 4.74 Å². The summed E-state index contributed by atoms with van der Waals surface area (Å²) in [5, 5.41) is 0. The van der Waals surface area contributed by atoms with Crippen LogP contribution in [0.4, 0.5) is 0 Å². The molecule has 1 atom stereocenters. The van der Waals surface area contributed by atoms with Crippen molar-refractivity contribution in [1.82, 2.24) is 4.90 Å². The highest BCUT2D eigenvalue weighted by molar-refractivity contribution is 5.81. The average molecular weight is 414 g/mol. The second-order valence-electron chi connectivity index (χ2n) is 7.24. The van der Waals surface area contributed by atoms with Crippen LogP contribution in [0.5, 0.6) is 0 Å². The maximum Gasteiger partial charge on any atom is 0.330 e. The number of carbonyl (C=O) groups is 2. The molecule has 0 spiro atoms. The van der Waals surface area contributed by atoms with E-state index in [-0.39, 0.29) is 6.54 Å². The van der Waals surface area contributed by atoms with Gasteiger partial charge in [0.15, 0.2) is 0 Å². The Hall–Kier alpha value is -3.66. The Morgan fingerprint density at radius 2 is 1.32 bits per heavy atom. The fourth-order valence-corrected chi connectivity index (χ4v) is 3.98. The van der Waals surface area contributed by atoms with Crippen molar-refractivity contribution in [3.05, 3.63) is 120 Å². The summed E-state index contributed by atoms with van der Waals surface area (Å²) in [5.74, 6) is -0.498. The maximum absolute atomic E-state index is 12.6. The standard InChI is InChI=1S/C27H27NO3/c1-3-25(31-26(30)4-2)20-28(21-29)27(22-14-8-5-9-15-22,23-16-10-6-11-17-23)24-18-12-7-13-19-24/h4-19,21,25H,2-3,20H2,1H3. The predicted octanol–water partition coefficient (Wildman–Crippen LogP) is 4.94. The minimum Gasteiger partial charge on any atom is -0.457 e. The van der Waals surface area contributed by atoms with E-state index >= 15 is 0 Å². The molecule has 0 saturated carbocycles. The average Bonchev–Trinajstić information content (AvgIpc) is 2.85. The van der Waals surface area contributed by atoms with Crippen LogP contribution in [-0.4, -0.2) is 29.9 Å². The van der Waals surface area contributed by atoms with Crippen molar-refractivity contribution in [2.75, 3.05) is 6.54 Å². The summed E-state index contributed by atoms with van der Waals surface area (Å²) in [6.45, 7) is 5.65. The van der Waals surface area contributed by atoms with Gasteiger partial charge in [-0.15, -0.1) is 0 Å². The third-order valence-electron chi connectivity index (χ3n) is 5.44. The molecule has 0 heterocycles. The molecule has 3 aromatic carbocycles. The lowest BCUT2D eigenvalue weighted by molar-refractivity contribution is -0.146. The van der Waals surface area contributed by atoms with E-state index in [0.717, 1.165) is 29.2 Å². The predicted molar refractivity (Wildman–Crippen MR) is 122 cm³/mol. The Balaban J connectivity index is 2.24. The third-order valence-corrected chi connectivity index (χ3v) is 5.44. The number of ether oxygens (including phenoxy) is 1. The first-order valence-electron chi connectivity index (χ1n) is 10.4. The number of hydrogen-bond acceptors (Lipinski definition) is 3. The van der Waals surface area contributed by atoms with E-state index in [2.05, 4.69) is 6.58 Å². The Bertz CT molecular complexity index is 890. The van der Waals surface area contributed by atoms with Crippen LogP contribution in [0, 0.1) is 0 Å². The molecular formula is C27H27NO3. The molecule has 0 bridgehead atoms. The molecule has 3 aromatic rings. The van der Waals surface area contributed by atoms with E-state index in [1.54, 1.807) is 4.90 Å². The van der Waals surface area contributed by atoms with Gasteiger partial charge in [0.05, 0.1) is 6.54 Å². The molecule has 0 aliphatic rings. The van der Waals surface area contributed by atoms with Gasteiger partial charge in [0.2, 0.25) is 6.41 Å². The lowest BCUT2D eigenvalue weighted by Gasteiger charge is -2.44. The van der Waals surface area contributed by atoms with Gasteiger partial charge in [0.25, 0.3) is 0 Å². The SMILES string of the molecule is C=CC(=O)OC(CC)CN(C=O)C(c1ccccc1)(c1ccccc1)c1ccccc1. The molecule has 0 fully saturated rings. The molecular weight excluding hydrogens is 386 g/mol. The molecule has 1 unspecified atom stereocenters. The number of amides is 1. The topological polar surface area (TPSA) is 46.6 Å². The summed E-state index contributed by atoms with van der Waals surface area (Å²) in [5.41, 5.74) is 1.96. The molecule has 0 aliphatic heterocycles. The first-order chi connectivity index (χ1) is 15.2. The van der Waals surface area contributed by atoms with E-state index in [1.165, 1.54) is 0 Å². The summed E-state index contributed by atoms with van der Waals surface area (Å²) in [7, 11) is 0. The van der Waals surface area contributed by atoms with Crippen molar-refractivity contribution >= 4 is 12.4 Å². The molecule has 1 amide bonds. The largest absolute Gasteiger partial charge is 0.457 e. The molecule has 158 valence electrons. The van der Waals surface area contributed by atoms with Gasteiger partial charge in [0, 0.05) is 6.08 Å². The molecule has 0 N–H and O–H groups in total. The van der Waals surface area contributed by atoms with Gasteiger partial charge in [-0.3, -0.25) is 4.79 Å². The molecule has 3 rings (SSSR count). The quantitative estimate of drug-likeness (QED) is 0.205. The van der Waals surface area contributed by atoms with Crippen LogP contribution < -0.4 is 0 Å². The van der Waals surface area contributed by atoms with E-state index in [9.17, 15) is 9.59 Å². The van der Waals surface area contributed by atoms with Gasteiger partial charge < -0.3 is 9.64 Å². The van der Waals surface area contributed by atoms with Gasteiger partial charge in [-0.2, -0.15) is 0 Å². The Kier molecular flexibility index (Phi) is 7.39. The highest BCUT2D eigenvalue weighted by Gasteiger charge is 2.42. The first kappa shape index (κ1) is 22.0. The number of esters is 1. The van der Waals surface area contributed by atoms with Gasteiger partial charge in [-0.05, 0) is 23.1 Å². The highest BCUT2D eigenvalue weighted by Crippen LogP contribution is 2.42. The van der Waals surface area contributed by atoms with Crippen LogP contribution in [0.15, 0.2) is 104 Å². The zero-order chi connectivity index (χ0) is 22.1. The summed E-state index contributed by atoms with van der Waals surface area (Å²) < 4.78 is 5.53. The number of nitrogens with zero attached hydrogens (tertiary/aromatic N) is 1. The zero-order valence-electron chi connectivity index (χ0n) is 17.7. The van der Waals surface area contributed by atoms with Crippen LogP contribution in [-0.2, 0) is 19.9 Å². The molecule has 31 heavy (non-hydrogen) atoms. The summed E-state index contributed by atoms with van der Waals surface area (Å²) in [4.78, 5) is 26.2. The number of benzene rings is 3. The van der Waals surface area contributed by atoms with Crippen LogP contribution in [0.25, 0.3) is 0 Å². The zero-order valence-corrected chi connectivity index (χ0v) is 17.7. The minimum atomic E-state index is -0.889. The molecule has 4 heteroatoms. The minimum absolute atomic E-state index is 0.234. The molecule has 0 aliphatic carbocycles. The van der Waals surface area contributed by atoms with E-state index < -0.39 is 17.6 Å².